The number of rotatable bonds is 12. The van der Waals surface area contributed by atoms with Gasteiger partial charge in [-0.2, -0.15) is 0 Å². The smallest absolute Gasteiger partial charge is 0.113 e. The number of aryl methyl sites for hydroxylation is 1. The second kappa shape index (κ2) is 13.6. The van der Waals surface area contributed by atoms with Gasteiger partial charge in [-0.1, -0.05) is 43.2 Å². The van der Waals surface area contributed by atoms with Gasteiger partial charge in [-0.05, 0) is 86.3 Å². The van der Waals surface area contributed by atoms with Gasteiger partial charge in [-0.3, -0.25) is 20.8 Å². The summed E-state index contributed by atoms with van der Waals surface area (Å²) in [5, 5.41) is 18.3. The zero-order valence-electron chi connectivity index (χ0n) is 21.7. The average Bonchev–Trinajstić information content (AvgIpc) is 2.88. The third-order valence-electron chi connectivity index (χ3n) is 7.00. The molecule has 7 nitrogen and oxygen atoms in total. The maximum absolute atomic E-state index is 7.36. The minimum absolute atomic E-state index is 0.0819. The number of nitrogens with two attached hydrogens (primary N) is 2. The zero-order chi connectivity index (χ0) is 25.9. The highest BCUT2D eigenvalue weighted by molar-refractivity contribution is 6.01. The first-order chi connectivity index (χ1) is 17.3. The van der Waals surface area contributed by atoms with E-state index in [4.69, 9.17) is 22.3 Å². The molecule has 2 aromatic rings. The van der Waals surface area contributed by atoms with Crippen molar-refractivity contribution >= 4 is 28.8 Å². The van der Waals surface area contributed by atoms with Crippen molar-refractivity contribution < 1.29 is 0 Å². The molecule has 0 amide bonds. The quantitative estimate of drug-likeness (QED) is 0.212. The van der Waals surface area contributed by atoms with E-state index in [2.05, 4.69) is 51.7 Å². The van der Waals surface area contributed by atoms with Crippen molar-refractivity contribution in [3.63, 3.8) is 0 Å². The summed E-state index contributed by atoms with van der Waals surface area (Å²) in [6.07, 6.45) is 7.46. The average molecular weight is 488 g/mol. The summed E-state index contributed by atoms with van der Waals surface area (Å²) < 4.78 is 0. The topological polar surface area (TPSA) is 136 Å². The van der Waals surface area contributed by atoms with Crippen molar-refractivity contribution in [3.05, 3.63) is 65.2 Å². The number of nitrogens with one attached hydrogen (secondary N) is 3. The summed E-state index contributed by atoms with van der Waals surface area (Å²) in [6, 6.07) is 17.0. The molecule has 0 aromatic heterocycles. The van der Waals surface area contributed by atoms with Crippen LogP contribution in [-0.4, -0.2) is 42.7 Å². The highest BCUT2D eigenvalue weighted by Gasteiger charge is 2.21. The lowest BCUT2D eigenvalue weighted by Crippen LogP contribution is -2.21. The number of benzene rings is 2. The van der Waals surface area contributed by atoms with Gasteiger partial charge in [0.15, 0.2) is 0 Å². The molecule has 36 heavy (non-hydrogen) atoms. The van der Waals surface area contributed by atoms with E-state index in [1.807, 2.05) is 26.0 Å². The van der Waals surface area contributed by atoms with Crippen molar-refractivity contribution in [3.8, 4) is 0 Å². The Hall–Kier alpha value is -3.48. The van der Waals surface area contributed by atoms with Crippen molar-refractivity contribution in [1.82, 2.24) is 0 Å². The minimum atomic E-state index is 0.0819. The molecule has 0 bridgehead atoms. The number of hydrogen-bond donors (Lipinski definition) is 5. The second-order valence-electron chi connectivity index (χ2n) is 9.94. The van der Waals surface area contributed by atoms with Gasteiger partial charge >= 0.3 is 0 Å². The summed E-state index contributed by atoms with van der Waals surface area (Å²) in [6.45, 7) is 5.45. The minimum Gasteiger partial charge on any atom is -0.386 e. The Morgan fingerprint density at radius 1 is 0.833 bits per heavy atom. The summed E-state index contributed by atoms with van der Waals surface area (Å²) in [5.41, 5.74) is 17.3. The van der Waals surface area contributed by atoms with Crippen molar-refractivity contribution in [2.75, 3.05) is 25.0 Å². The van der Waals surface area contributed by atoms with Gasteiger partial charge < -0.3 is 16.8 Å². The lowest BCUT2D eigenvalue weighted by molar-refractivity contribution is 0.272. The van der Waals surface area contributed by atoms with E-state index in [0.717, 1.165) is 47.1 Å². The Balaban J connectivity index is 1.43. The molecule has 0 unspecified atom stereocenters. The summed E-state index contributed by atoms with van der Waals surface area (Å²) in [4.78, 5) is 8.79. The van der Waals surface area contributed by atoms with Gasteiger partial charge in [0.2, 0.25) is 0 Å². The fourth-order valence-electron chi connectivity index (χ4n) is 4.75. The summed E-state index contributed by atoms with van der Waals surface area (Å²) >= 11 is 0. The normalized spacial score (nSPS) is 18.6. The first-order valence-electron chi connectivity index (χ1n) is 12.9. The fourth-order valence-corrected chi connectivity index (χ4v) is 4.75. The van der Waals surface area contributed by atoms with Gasteiger partial charge in [0, 0.05) is 23.7 Å². The Kier molecular flexibility index (Phi) is 10.2. The lowest BCUT2D eigenvalue weighted by atomic mass is 9.79. The van der Waals surface area contributed by atoms with E-state index in [1.165, 1.54) is 37.7 Å². The number of hydrogen-bond acceptors (Lipinski definition) is 5. The highest BCUT2D eigenvalue weighted by Crippen LogP contribution is 2.32. The molecule has 0 radical (unpaired) electrons. The fraction of sp³-hybridized carbons (Fsp3) is 0.448. The van der Waals surface area contributed by atoms with Gasteiger partial charge in [0.1, 0.15) is 11.7 Å². The van der Waals surface area contributed by atoms with E-state index >= 15 is 0 Å². The van der Waals surface area contributed by atoms with E-state index < -0.39 is 0 Å². The Bertz CT molecular complexity index is 1010. The Morgan fingerprint density at radius 3 is 2.00 bits per heavy atom. The molecule has 1 aliphatic rings. The molecule has 7 N–H and O–H groups in total. The van der Waals surface area contributed by atoms with Crippen LogP contribution < -0.4 is 16.8 Å². The summed E-state index contributed by atoms with van der Waals surface area (Å²) in [5.74, 6) is 1.68. The van der Waals surface area contributed by atoms with Crippen LogP contribution in [0.5, 0.6) is 0 Å². The maximum atomic E-state index is 7.36. The van der Waals surface area contributed by atoms with Gasteiger partial charge in [-0.15, -0.1) is 0 Å². The molecule has 192 valence electrons. The van der Waals surface area contributed by atoms with Crippen LogP contribution in [0.25, 0.3) is 0 Å². The molecule has 3 rings (SSSR count). The molecule has 1 saturated carbocycles. The molecule has 0 saturated heterocycles. The van der Waals surface area contributed by atoms with Crippen molar-refractivity contribution in [2.45, 2.75) is 52.4 Å². The largest absolute Gasteiger partial charge is 0.386 e. The van der Waals surface area contributed by atoms with Crippen LogP contribution in [0, 0.1) is 22.7 Å². The molecule has 7 heteroatoms. The van der Waals surface area contributed by atoms with E-state index in [9.17, 15) is 0 Å². The molecule has 0 atom stereocenters. The standard InChI is InChI=1S/C29H41N7/c1-20(34-18-28(30)31)25-6-3-5-23(15-25)12-9-22-10-13-24(14-11-22)17-36-27-8-4-7-26(16-27)21(2)35-19-29(32)33/h3-8,15-16,22,24,36H,9-14,17-19H2,1-2H3,(H3,30,31)(H3,32,33). The molecule has 0 spiro atoms. The monoisotopic (exact) mass is 487 g/mol. The predicted molar refractivity (Wildman–Crippen MR) is 153 cm³/mol. The molecule has 1 aliphatic carbocycles. The molecule has 0 aliphatic heterocycles. The third kappa shape index (κ3) is 8.95. The molecular weight excluding hydrogens is 446 g/mol. The SMILES string of the molecule is CC(=NCC(=N)N)c1cccc(CCC2CCC(CNc3cccc(C(C)=NCC(=N)N)c3)CC2)c1. The lowest BCUT2D eigenvalue weighted by Gasteiger charge is -2.29. The Morgan fingerprint density at radius 2 is 1.39 bits per heavy atom. The van der Waals surface area contributed by atoms with Gasteiger partial charge in [0.25, 0.3) is 0 Å². The molecule has 2 aromatic carbocycles. The maximum Gasteiger partial charge on any atom is 0.113 e. The third-order valence-corrected chi connectivity index (χ3v) is 7.00. The molecule has 1 fully saturated rings. The number of amidine groups is 2. The van der Waals surface area contributed by atoms with Crippen LogP contribution in [0.15, 0.2) is 58.5 Å². The first kappa shape index (κ1) is 27.1. The van der Waals surface area contributed by atoms with E-state index in [0.29, 0.717) is 5.92 Å². The first-order valence-corrected chi connectivity index (χ1v) is 12.9. The van der Waals surface area contributed by atoms with Gasteiger partial charge in [0.05, 0.1) is 13.1 Å². The number of nitrogens with zero attached hydrogens (tertiary/aromatic N) is 2. The molecule has 0 heterocycles. The van der Waals surface area contributed by atoms with Crippen LogP contribution in [0.1, 0.15) is 62.6 Å². The van der Waals surface area contributed by atoms with Crippen LogP contribution in [0.2, 0.25) is 0 Å². The van der Waals surface area contributed by atoms with E-state index in [-0.39, 0.29) is 24.8 Å². The summed E-state index contributed by atoms with van der Waals surface area (Å²) in [7, 11) is 0. The zero-order valence-corrected chi connectivity index (χ0v) is 21.7. The molecular formula is C29H41N7. The van der Waals surface area contributed by atoms with Crippen LogP contribution in [0.3, 0.4) is 0 Å². The second-order valence-corrected chi connectivity index (χ2v) is 9.94. The van der Waals surface area contributed by atoms with E-state index in [1.54, 1.807) is 0 Å². The van der Waals surface area contributed by atoms with Crippen molar-refractivity contribution in [2.24, 2.45) is 33.3 Å². The number of aliphatic imine (C=N–C) groups is 2. The Labute approximate surface area is 215 Å². The van der Waals surface area contributed by atoms with Crippen LogP contribution >= 0.6 is 0 Å². The highest BCUT2D eigenvalue weighted by atomic mass is 14.9. The van der Waals surface area contributed by atoms with Crippen LogP contribution in [-0.2, 0) is 6.42 Å². The van der Waals surface area contributed by atoms with Crippen LogP contribution in [0.4, 0.5) is 5.69 Å². The van der Waals surface area contributed by atoms with Crippen molar-refractivity contribution in [1.29, 1.82) is 10.8 Å². The number of anilines is 1. The predicted octanol–water partition coefficient (Wildman–Crippen LogP) is 5.03. The van der Waals surface area contributed by atoms with Gasteiger partial charge in [-0.25, -0.2) is 0 Å².